The van der Waals surface area contributed by atoms with Crippen LogP contribution in [-0.2, 0) is 0 Å². The third kappa shape index (κ3) is 3.62. The number of rotatable bonds is 3. The Labute approximate surface area is 155 Å². The zero-order chi connectivity index (χ0) is 17.2. The molecular weight excluding hydrogens is 332 g/mol. The summed E-state index contributed by atoms with van der Waals surface area (Å²) in [6, 6.07) is 0.424. The van der Waals surface area contributed by atoms with Gasteiger partial charge < -0.3 is 9.42 Å². The maximum absolute atomic E-state index is 13.3. The van der Waals surface area contributed by atoms with Crippen LogP contribution in [0.15, 0.2) is 9.42 Å². The molecule has 25 heavy (non-hydrogen) atoms. The number of hydrogen-bond acceptors (Lipinski definition) is 4. The average Bonchev–Trinajstić information content (AvgIpc) is 3.02. The van der Waals surface area contributed by atoms with Gasteiger partial charge in [-0.2, -0.15) is 0 Å². The highest BCUT2D eigenvalue weighted by molar-refractivity contribution is 8.00. The lowest BCUT2D eigenvalue weighted by Gasteiger charge is -2.43. The Morgan fingerprint density at radius 2 is 1.76 bits per heavy atom. The molecule has 3 aliphatic rings. The van der Waals surface area contributed by atoms with Gasteiger partial charge in [-0.3, -0.25) is 4.79 Å². The van der Waals surface area contributed by atoms with Crippen LogP contribution in [0, 0.1) is 12.8 Å². The molecule has 1 aromatic heterocycles. The molecular formula is C20H30N2O2S. The third-order valence-corrected chi connectivity index (χ3v) is 7.86. The highest BCUT2D eigenvalue weighted by Gasteiger charge is 2.38. The molecule has 1 aromatic rings. The minimum atomic E-state index is 0.0931. The molecule has 5 heteroatoms. The number of carbonyl (C=O) groups excluding carboxylic acids is 1. The summed E-state index contributed by atoms with van der Waals surface area (Å²) in [5, 5.41) is 4.77. The summed E-state index contributed by atoms with van der Waals surface area (Å²) in [7, 11) is 0. The Morgan fingerprint density at radius 1 is 1.04 bits per heavy atom. The first-order valence-electron chi connectivity index (χ1n) is 10.2. The summed E-state index contributed by atoms with van der Waals surface area (Å²) in [5.74, 6) is 1.31. The lowest BCUT2D eigenvalue weighted by molar-refractivity contribution is 0.0350. The van der Waals surface area contributed by atoms with E-state index >= 15 is 0 Å². The maximum atomic E-state index is 13.3. The Morgan fingerprint density at radius 3 is 2.60 bits per heavy atom. The van der Waals surface area contributed by atoms with Gasteiger partial charge in [0.15, 0.2) is 0 Å². The zero-order valence-corrected chi connectivity index (χ0v) is 16.2. The molecule has 1 amide bonds. The van der Waals surface area contributed by atoms with E-state index in [9.17, 15) is 4.79 Å². The maximum Gasteiger partial charge on any atom is 0.293 e. The molecule has 0 radical (unpaired) electrons. The van der Waals surface area contributed by atoms with Crippen LogP contribution in [-0.4, -0.2) is 33.8 Å². The van der Waals surface area contributed by atoms with Crippen LogP contribution in [0.5, 0.6) is 0 Å². The quantitative estimate of drug-likeness (QED) is 0.741. The van der Waals surface area contributed by atoms with E-state index in [1.165, 1.54) is 57.8 Å². The van der Waals surface area contributed by atoms with Crippen molar-refractivity contribution in [1.82, 2.24) is 10.1 Å². The zero-order valence-electron chi connectivity index (χ0n) is 15.3. The third-order valence-electron chi connectivity index (χ3n) is 6.34. The van der Waals surface area contributed by atoms with Crippen molar-refractivity contribution in [3.8, 4) is 0 Å². The fourth-order valence-corrected chi connectivity index (χ4v) is 6.34. The smallest absolute Gasteiger partial charge is 0.293 e. The van der Waals surface area contributed by atoms with Gasteiger partial charge in [-0.15, -0.1) is 11.8 Å². The molecule has 0 aromatic carbocycles. The first-order valence-corrected chi connectivity index (χ1v) is 11.1. The van der Waals surface area contributed by atoms with Crippen molar-refractivity contribution in [2.75, 3.05) is 6.54 Å². The van der Waals surface area contributed by atoms with E-state index in [2.05, 4.69) is 10.1 Å². The van der Waals surface area contributed by atoms with Gasteiger partial charge >= 0.3 is 0 Å². The lowest BCUT2D eigenvalue weighted by atomic mass is 9.78. The van der Waals surface area contributed by atoms with Crippen LogP contribution in [0.1, 0.15) is 86.9 Å². The molecule has 2 aliphatic carbocycles. The number of fused-ring (bicyclic) bond motifs is 1. The Balaban J connectivity index is 1.53. The van der Waals surface area contributed by atoms with Crippen molar-refractivity contribution in [3.63, 3.8) is 0 Å². The van der Waals surface area contributed by atoms with Crippen molar-refractivity contribution >= 4 is 17.7 Å². The fraction of sp³-hybridized carbons (Fsp3) is 0.800. The van der Waals surface area contributed by atoms with Crippen molar-refractivity contribution in [2.45, 2.75) is 93.7 Å². The summed E-state index contributed by atoms with van der Waals surface area (Å²) in [4.78, 5) is 16.4. The van der Waals surface area contributed by atoms with Gasteiger partial charge in [-0.25, -0.2) is 0 Å². The van der Waals surface area contributed by atoms with Crippen LogP contribution >= 0.6 is 11.8 Å². The van der Waals surface area contributed by atoms with Gasteiger partial charge in [0.05, 0.1) is 10.6 Å². The summed E-state index contributed by atoms with van der Waals surface area (Å²) < 4.78 is 5.57. The number of thioether (sulfide) groups is 1. The number of nitrogens with zero attached hydrogens (tertiary/aromatic N) is 2. The summed E-state index contributed by atoms with van der Waals surface area (Å²) >= 11 is 1.84. The number of likely N-dealkylation sites (tertiary alicyclic amines) is 1. The highest BCUT2D eigenvalue weighted by atomic mass is 32.2. The number of carbonyl (C=O) groups is 1. The van der Waals surface area contributed by atoms with E-state index in [1.54, 1.807) is 0 Å². The van der Waals surface area contributed by atoms with Crippen molar-refractivity contribution < 1.29 is 9.32 Å². The van der Waals surface area contributed by atoms with Crippen LogP contribution < -0.4 is 0 Å². The number of aryl methyl sites for hydroxylation is 1. The second-order valence-corrected chi connectivity index (χ2v) is 9.37. The Hall–Kier alpha value is -0.970. The second kappa shape index (κ2) is 7.73. The number of aromatic nitrogens is 1. The van der Waals surface area contributed by atoms with Gasteiger partial charge in [0.2, 0.25) is 5.76 Å². The average molecular weight is 363 g/mol. The lowest BCUT2D eigenvalue weighted by Crippen LogP contribution is -2.49. The van der Waals surface area contributed by atoms with E-state index < -0.39 is 0 Å². The molecule has 1 saturated heterocycles. The molecule has 2 saturated carbocycles. The van der Waals surface area contributed by atoms with Crippen LogP contribution in [0.25, 0.3) is 0 Å². The van der Waals surface area contributed by atoms with Crippen molar-refractivity contribution in [1.29, 1.82) is 0 Å². The first-order chi connectivity index (χ1) is 12.2. The van der Waals surface area contributed by atoms with Crippen molar-refractivity contribution in [3.05, 3.63) is 11.5 Å². The SMILES string of the molecule is Cc1noc(C(=O)N2CCC[C@H]3CCCC[C@@H]32)c1SC1CCCCC1. The molecule has 0 unspecified atom stereocenters. The Kier molecular flexibility index (Phi) is 5.39. The molecule has 0 bridgehead atoms. The van der Waals surface area contributed by atoms with Gasteiger partial charge in [0.1, 0.15) is 0 Å². The van der Waals surface area contributed by atoms with Crippen LogP contribution in [0.2, 0.25) is 0 Å². The predicted molar refractivity (Wildman–Crippen MR) is 100.0 cm³/mol. The van der Waals surface area contributed by atoms with Gasteiger partial charge in [-0.1, -0.05) is 37.3 Å². The molecule has 2 heterocycles. The van der Waals surface area contributed by atoms with Gasteiger partial charge in [0, 0.05) is 17.8 Å². The van der Waals surface area contributed by atoms with Crippen LogP contribution in [0.4, 0.5) is 0 Å². The van der Waals surface area contributed by atoms with E-state index in [0.29, 0.717) is 23.0 Å². The normalized spacial score (nSPS) is 28.0. The number of amides is 1. The summed E-state index contributed by atoms with van der Waals surface area (Å²) in [6.45, 7) is 2.86. The van der Waals surface area contributed by atoms with E-state index in [1.807, 2.05) is 18.7 Å². The summed E-state index contributed by atoms with van der Waals surface area (Å²) in [6.07, 6.45) is 13.9. The van der Waals surface area contributed by atoms with Gasteiger partial charge in [0.25, 0.3) is 5.91 Å². The van der Waals surface area contributed by atoms with Crippen molar-refractivity contribution in [2.24, 2.45) is 5.92 Å². The number of hydrogen-bond donors (Lipinski definition) is 0. The monoisotopic (exact) mass is 362 g/mol. The molecule has 2 atom stereocenters. The molecule has 1 aliphatic heterocycles. The molecule has 138 valence electrons. The largest absolute Gasteiger partial charge is 0.350 e. The topological polar surface area (TPSA) is 46.3 Å². The molecule has 3 fully saturated rings. The molecule has 0 N–H and O–H groups in total. The minimum Gasteiger partial charge on any atom is -0.350 e. The van der Waals surface area contributed by atoms with Crippen LogP contribution in [0.3, 0.4) is 0 Å². The van der Waals surface area contributed by atoms with E-state index in [-0.39, 0.29) is 5.91 Å². The highest BCUT2D eigenvalue weighted by Crippen LogP contribution is 2.40. The standard InChI is InChI=1S/C20H30N2O2S/c1-14-19(25-16-10-3-2-4-11-16)18(24-21-14)20(23)22-13-7-9-15-8-5-6-12-17(15)22/h15-17H,2-13H2,1H3/t15-,17+/m1/s1. The van der Waals surface area contributed by atoms with E-state index in [0.717, 1.165) is 30.0 Å². The van der Waals surface area contributed by atoms with Gasteiger partial charge in [-0.05, 0) is 51.4 Å². The molecule has 4 rings (SSSR count). The van der Waals surface area contributed by atoms with E-state index in [4.69, 9.17) is 4.52 Å². The number of piperidine rings is 1. The second-order valence-electron chi connectivity index (χ2n) is 8.06. The first kappa shape index (κ1) is 17.4. The Bertz CT molecular complexity index is 607. The molecule has 0 spiro atoms. The fourth-order valence-electron chi connectivity index (χ4n) is 4.99. The summed E-state index contributed by atoms with van der Waals surface area (Å²) in [5.41, 5.74) is 0.885. The predicted octanol–water partition coefficient (Wildman–Crippen LogP) is 5.20. The minimum absolute atomic E-state index is 0.0931. The molecule has 4 nitrogen and oxygen atoms in total.